The molecule has 2 aromatic heterocycles. The number of anilines is 1. The summed E-state index contributed by atoms with van der Waals surface area (Å²) in [5.41, 5.74) is 2.25. The van der Waals surface area contributed by atoms with Crippen LogP contribution in [-0.4, -0.2) is 27.7 Å². The number of rotatable bonds is 4. The van der Waals surface area contributed by atoms with E-state index >= 15 is 0 Å². The van der Waals surface area contributed by atoms with E-state index < -0.39 is 0 Å². The molecule has 2 N–H and O–H groups in total. The maximum absolute atomic E-state index is 12.0. The van der Waals surface area contributed by atoms with Crippen molar-refractivity contribution in [2.24, 2.45) is 7.05 Å². The van der Waals surface area contributed by atoms with Crippen LogP contribution in [-0.2, 0) is 13.6 Å². The highest BCUT2D eigenvalue weighted by Gasteiger charge is 2.10. The Bertz CT molecular complexity index is 549. The average Bonchev–Trinajstić information content (AvgIpc) is 2.81. The SMILES string of the molecule is CNc1ccncc1C(=O)NCc1cnn(C)c1. The maximum atomic E-state index is 12.0. The summed E-state index contributed by atoms with van der Waals surface area (Å²) in [5.74, 6) is -0.156. The molecule has 0 saturated heterocycles. The van der Waals surface area contributed by atoms with Gasteiger partial charge >= 0.3 is 0 Å². The van der Waals surface area contributed by atoms with Crippen molar-refractivity contribution < 1.29 is 4.79 Å². The first kappa shape index (κ1) is 12.1. The van der Waals surface area contributed by atoms with Crippen molar-refractivity contribution in [2.75, 3.05) is 12.4 Å². The van der Waals surface area contributed by atoms with Gasteiger partial charge in [-0.1, -0.05) is 0 Å². The van der Waals surface area contributed by atoms with Gasteiger partial charge in [-0.2, -0.15) is 5.10 Å². The highest BCUT2D eigenvalue weighted by Crippen LogP contribution is 2.12. The van der Waals surface area contributed by atoms with Crippen molar-refractivity contribution >= 4 is 11.6 Å². The number of pyridine rings is 1. The summed E-state index contributed by atoms with van der Waals surface area (Å²) >= 11 is 0. The van der Waals surface area contributed by atoms with Gasteiger partial charge in [0.2, 0.25) is 0 Å². The van der Waals surface area contributed by atoms with E-state index in [1.54, 1.807) is 36.4 Å². The molecule has 0 fully saturated rings. The summed E-state index contributed by atoms with van der Waals surface area (Å²) in [6.45, 7) is 0.449. The molecule has 0 aliphatic rings. The molecule has 0 spiro atoms. The Kier molecular flexibility index (Phi) is 3.57. The lowest BCUT2D eigenvalue weighted by Crippen LogP contribution is -2.23. The van der Waals surface area contributed by atoms with Crippen LogP contribution in [0.25, 0.3) is 0 Å². The molecule has 1 amide bonds. The van der Waals surface area contributed by atoms with Gasteiger partial charge in [-0.25, -0.2) is 0 Å². The molecule has 6 nitrogen and oxygen atoms in total. The van der Waals surface area contributed by atoms with Crippen LogP contribution in [0.3, 0.4) is 0 Å². The lowest BCUT2D eigenvalue weighted by molar-refractivity contribution is 0.0951. The van der Waals surface area contributed by atoms with Crippen LogP contribution in [0.2, 0.25) is 0 Å². The minimum Gasteiger partial charge on any atom is -0.387 e. The zero-order valence-corrected chi connectivity index (χ0v) is 10.3. The number of hydrogen-bond donors (Lipinski definition) is 2. The van der Waals surface area contributed by atoms with Crippen molar-refractivity contribution in [3.8, 4) is 0 Å². The van der Waals surface area contributed by atoms with Crippen LogP contribution in [0, 0.1) is 0 Å². The predicted octanol–water partition coefficient (Wildman–Crippen LogP) is 0.787. The molecule has 0 radical (unpaired) electrons. The van der Waals surface area contributed by atoms with Gasteiger partial charge in [-0.05, 0) is 6.07 Å². The van der Waals surface area contributed by atoms with E-state index in [2.05, 4.69) is 20.7 Å². The third kappa shape index (κ3) is 2.65. The van der Waals surface area contributed by atoms with E-state index in [0.29, 0.717) is 12.1 Å². The summed E-state index contributed by atoms with van der Waals surface area (Å²) in [4.78, 5) is 15.9. The lowest BCUT2D eigenvalue weighted by atomic mass is 10.2. The molecular formula is C12H15N5O. The first-order valence-electron chi connectivity index (χ1n) is 5.58. The van der Waals surface area contributed by atoms with Crippen LogP contribution < -0.4 is 10.6 Å². The Morgan fingerprint density at radius 3 is 2.94 bits per heavy atom. The maximum Gasteiger partial charge on any atom is 0.255 e. The molecule has 2 heterocycles. The Morgan fingerprint density at radius 2 is 2.28 bits per heavy atom. The van der Waals surface area contributed by atoms with Crippen molar-refractivity contribution in [1.82, 2.24) is 20.1 Å². The van der Waals surface area contributed by atoms with Gasteiger partial charge in [0, 0.05) is 50.5 Å². The Hall–Kier alpha value is -2.37. The van der Waals surface area contributed by atoms with Crippen LogP contribution >= 0.6 is 0 Å². The fraction of sp³-hybridized carbons (Fsp3) is 0.250. The van der Waals surface area contributed by atoms with E-state index in [4.69, 9.17) is 0 Å². The number of amides is 1. The van der Waals surface area contributed by atoms with Gasteiger partial charge in [-0.3, -0.25) is 14.5 Å². The van der Waals surface area contributed by atoms with Crippen molar-refractivity contribution in [3.63, 3.8) is 0 Å². The molecule has 2 rings (SSSR count). The zero-order chi connectivity index (χ0) is 13.0. The van der Waals surface area contributed by atoms with E-state index in [1.807, 2.05) is 13.2 Å². The molecule has 0 aliphatic carbocycles. The third-order valence-corrected chi connectivity index (χ3v) is 2.55. The molecule has 0 bridgehead atoms. The van der Waals surface area contributed by atoms with Crippen LogP contribution in [0.15, 0.2) is 30.9 Å². The highest BCUT2D eigenvalue weighted by atomic mass is 16.1. The Labute approximate surface area is 105 Å². The van der Waals surface area contributed by atoms with E-state index in [-0.39, 0.29) is 5.91 Å². The first-order valence-corrected chi connectivity index (χ1v) is 5.58. The molecule has 2 aromatic rings. The van der Waals surface area contributed by atoms with E-state index in [1.165, 1.54) is 0 Å². The fourth-order valence-corrected chi connectivity index (χ4v) is 1.63. The normalized spacial score (nSPS) is 10.1. The van der Waals surface area contributed by atoms with Gasteiger partial charge in [-0.15, -0.1) is 0 Å². The smallest absolute Gasteiger partial charge is 0.255 e. The second-order valence-electron chi connectivity index (χ2n) is 3.88. The molecule has 94 valence electrons. The standard InChI is InChI=1S/C12H15N5O/c1-13-11-3-4-14-7-10(11)12(18)15-5-9-6-16-17(2)8-9/h3-4,6-8H,5H2,1-2H3,(H,13,14)(H,15,18). The minimum atomic E-state index is -0.156. The summed E-state index contributed by atoms with van der Waals surface area (Å²) in [5, 5.41) is 9.83. The minimum absolute atomic E-state index is 0.156. The lowest BCUT2D eigenvalue weighted by Gasteiger charge is -2.08. The van der Waals surface area contributed by atoms with Crippen molar-refractivity contribution in [1.29, 1.82) is 0 Å². The molecule has 0 saturated carbocycles. The van der Waals surface area contributed by atoms with Gasteiger partial charge in [0.15, 0.2) is 0 Å². The quantitative estimate of drug-likeness (QED) is 0.835. The summed E-state index contributed by atoms with van der Waals surface area (Å²) < 4.78 is 1.70. The Balaban J connectivity index is 2.03. The van der Waals surface area contributed by atoms with E-state index in [9.17, 15) is 4.79 Å². The molecule has 0 aliphatic heterocycles. The summed E-state index contributed by atoms with van der Waals surface area (Å²) in [6.07, 6.45) is 6.78. The van der Waals surface area contributed by atoms with Crippen molar-refractivity contribution in [3.05, 3.63) is 42.0 Å². The second kappa shape index (κ2) is 5.31. The number of carbonyl (C=O) groups excluding carboxylic acids is 1. The number of aryl methyl sites for hydroxylation is 1. The fourth-order valence-electron chi connectivity index (χ4n) is 1.63. The topological polar surface area (TPSA) is 71.8 Å². The molecule has 0 unspecified atom stereocenters. The predicted molar refractivity (Wildman–Crippen MR) is 68.2 cm³/mol. The van der Waals surface area contributed by atoms with Gasteiger partial charge < -0.3 is 10.6 Å². The van der Waals surface area contributed by atoms with Gasteiger partial charge in [0.05, 0.1) is 11.8 Å². The van der Waals surface area contributed by atoms with Gasteiger partial charge in [0.25, 0.3) is 5.91 Å². The van der Waals surface area contributed by atoms with E-state index in [0.717, 1.165) is 11.3 Å². The molecule has 18 heavy (non-hydrogen) atoms. The molecule has 6 heteroatoms. The molecule has 0 aromatic carbocycles. The summed E-state index contributed by atoms with van der Waals surface area (Å²) in [7, 11) is 3.61. The third-order valence-electron chi connectivity index (χ3n) is 2.55. The number of aromatic nitrogens is 3. The number of hydrogen-bond acceptors (Lipinski definition) is 4. The highest BCUT2D eigenvalue weighted by molar-refractivity contribution is 5.99. The number of carbonyl (C=O) groups is 1. The monoisotopic (exact) mass is 245 g/mol. The summed E-state index contributed by atoms with van der Waals surface area (Å²) in [6, 6.07) is 1.76. The van der Waals surface area contributed by atoms with Crippen LogP contribution in [0.4, 0.5) is 5.69 Å². The number of nitrogens with zero attached hydrogens (tertiary/aromatic N) is 3. The molecule has 0 atom stereocenters. The second-order valence-corrected chi connectivity index (χ2v) is 3.88. The molecular weight excluding hydrogens is 230 g/mol. The van der Waals surface area contributed by atoms with Crippen molar-refractivity contribution in [2.45, 2.75) is 6.54 Å². The zero-order valence-electron chi connectivity index (χ0n) is 10.3. The first-order chi connectivity index (χ1) is 8.70. The largest absolute Gasteiger partial charge is 0.387 e. The Morgan fingerprint density at radius 1 is 1.44 bits per heavy atom. The van der Waals surface area contributed by atoms with Gasteiger partial charge in [0.1, 0.15) is 0 Å². The van der Waals surface area contributed by atoms with Crippen LogP contribution in [0.1, 0.15) is 15.9 Å². The average molecular weight is 245 g/mol. The number of nitrogens with one attached hydrogen (secondary N) is 2. The van der Waals surface area contributed by atoms with Crippen LogP contribution in [0.5, 0.6) is 0 Å².